The van der Waals surface area contributed by atoms with Gasteiger partial charge in [0.15, 0.2) is 5.52 Å². The topological polar surface area (TPSA) is 81.1 Å². The summed E-state index contributed by atoms with van der Waals surface area (Å²) in [6.07, 6.45) is -4.71. The number of halogens is 3. The summed E-state index contributed by atoms with van der Waals surface area (Å²) in [6.45, 7) is 0. The summed E-state index contributed by atoms with van der Waals surface area (Å²) in [5.41, 5.74) is -1.05. The lowest BCUT2D eigenvalue weighted by atomic mass is 10.2. The fraction of sp³-hybridized carbons (Fsp3) is 0.222. The van der Waals surface area contributed by atoms with Crippen molar-refractivity contribution in [2.45, 2.75) is 6.18 Å². The Kier molecular flexibility index (Phi) is 2.60. The van der Waals surface area contributed by atoms with Gasteiger partial charge in [0.25, 0.3) is 5.69 Å². The van der Waals surface area contributed by atoms with Crippen LogP contribution in [0.15, 0.2) is 12.1 Å². The zero-order chi connectivity index (χ0) is 13.5. The number of H-pyrrole nitrogens is 1. The SMILES string of the molecule is COc1ccc([N+](=O)[O-])c2nc(C(F)(F)F)[nH]c12. The van der Waals surface area contributed by atoms with Crippen molar-refractivity contribution in [1.82, 2.24) is 9.97 Å². The van der Waals surface area contributed by atoms with Gasteiger partial charge in [-0.1, -0.05) is 0 Å². The molecule has 0 aliphatic rings. The van der Waals surface area contributed by atoms with Crippen LogP contribution in [-0.4, -0.2) is 22.0 Å². The molecular formula is C9H6F3N3O3. The van der Waals surface area contributed by atoms with Gasteiger partial charge in [-0.3, -0.25) is 10.1 Å². The van der Waals surface area contributed by atoms with Crippen LogP contribution in [0.2, 0.25) is 0 Å². The molecule has 0 fully saturated rings. The first-order chi connectivity index (χ1) is 8.34. The summed E-state index contributed by atoms with van der Waals surface area (Å²) in [7, 11) is 1.24. The second kappa shape index (κ2) is 3.86. The second-order valence-corrected chi connectivity index (χ2v) is 3.35. The van der Waals surface area contributed by atoms with Gasteiger partial charge in [-0.2, -0.15) is 13.2 Å². The Balaban J connectivity index is 2.78. The zero-order valence-electron chi connectivity index (χ0n) is 8.91. The van der Waals surface area contributed by atoms with E-state index in [1.807, 2.05) is 4.98 Å². The minimum Gasteiger partial charge on any atom is -0.494 e. The lowest BCUT2D eigenvalue weighted by Gasteiger charge is -2.00. The van der Waals surface area contributed by atoms with E-state index in [1.54, 1.807) is 0 Å². The highest BCUT2D eigenvalue weighted by Gasteiger charge is 2.36. The predicted octanol–water partition coefficient (Wildman–Crippen LogP) is 2.50. The van der Waals surface area contributed by atoms with Crippen molar-refractivity contribution in [1.29, 1.82) is 0 Å². The summed E-state index contributed by atoms with van der Waals surface area (Å²) in [5, 5.41) is 10.7. The number of imidazole rings is 1. The van der Waals surface area contributed by atoms with E-state index in [9.17, 15) is 23.3 Å². The first kappa shape index (κ1) is 12.1. The van der Waals surface area contributed by atoms with Crippen molar-refractivity contribution in [3.8, 4) is 5.75 Å². The lowest BCUT2D eigenvalue weighted by molar-refractivity contribution is -0.383. The zero-order valence-corrected chi connectivity index (χ0v) is 8.91. The van der Waals surface area contributed by atoms with Crippen LogP contribution in [0.1, 0.15) is 5.82 Å². The van der Waals surface area contributed by atoms with Crippen LogP contribution in [0.4, 0.5) is 18.9 Å². The van der Waals surface area contributed by atoms with Crippen molar-refractivity contribution in [2.24, 2.45) is 0 Å². The Morgan fingerprint density at radius 2 is 2.11 bits per heavy atom. The minimum absolute atomic E-state index is 0.0543. The molecule has 0 atom stereocenters. The average molecular weight is 261 g/mol. The van der Waals surface area contributed by atoms with E-state index in [0.29, 0.717) is 0 Å². The van der Waals surface area contributed by atoms with Crippen molar-refractivity contribution in [2.75, 3.05) is 7.11 Å². The molecule has 0 saturated carbocycles. The highest BCUT2D eigenvalue weighted by Crippen LogP contribution is 2.35. The fourth-order valence-electron chi connectivity index (χ4n) is 1.51. The molecule has 6 nitrogen and oxygen atoms in total. The first-order valence-corrected chi connectivity index (χ1v) is 4.63. The van der Waals surface area contributed by atoms with Gasteiger partial charge in [0.1, 0.15) is 11.3 Å². The Labute approximate surface area is 97.5 Å². The van der Waals surface area contributed by atoms with Crippen LogP contribution in [0.5, 0.6) is 5.75 Å². The molecule has 1 N–H and O–H groups in total. The van der Waals surface area contributed by atoms with Gasteiger partial charge in [-0.15, -0.1) is 0 Å². The number of nitrogens with zero attached hydrogens (tertiary/aromatic N) is 2. The van der Waals surface area contributed by atoms with E-state index in [1.165, 1.54) is 13.2 Å². The quantitative estimate of drug-likeness (QED) is 0.665. The predicted molar refractivity (Wildman–Crippen MR) is 54.3 cm³/mol. The highest BCUT2D eigenvalue weighted by atomic mass is 19.4. The molecule has 0 radical (unpaired) electrons. The Hall–Kier alpha value is -2.32. The Morgan fingerprint density at radius 3 is 2.61 bits per heavy atom. The number of aromatic nitrogens is 2. The van der Waals surface area contributed by atoms with Crippen LogP contribution >= 0.6 is 0 Å². The fourth-order valence-corrected chi connectivity index (χ4v) is 1.51. The number of ether oxygens (including phenoxy) is 1. The number of benzene rings is 1. The molecule has 0 aliphatic heterocycles. The van der Waals surface area contributed by atoms with Gasteiger partial charge in [-0.05, 0) is 6.07 Å². The number of rotatable bonds is 2. The van der Waals surface area contributed by atoms with Crippen LogP contribution < -0.4 is 4.74 Å². The molecular weight excluding hydrogens is 255 g/mol. The van der Waals surface area contributed by atoms with E-state index in [4.69, 9.17) is 4.74 Å². The molecule has 0 amide bonds. The largest absolute Gasteiger partial charge is 0.494 e. The van der Waals surface area contributed by atoms with E-state index in [2.05, 4.69) is 4.98 Å². The molecule has 0 spiro atoms. The Morgan fingerprint density at radius 1 is 1.44 bits per heavy atom. The van der Waals surface area contributed by atoms with E-state index < -0.39 is 22.6 Å². The van der Waals surface area contributed by atoms with Crippen LogP contribution in [0, 0.1) is 10.1 Å². The summed E-state index contributed by atoms with van der Waals surface area (Å²) >= 11 is 0. The monoisotopic (exact) mass is 261 g/mol. The van der Waals surface area contributed by atoms with Crippen LogP contribution in [-0.2, 0) is 6.18 Å². The molecule has 0 aliphatic carbocycles. The minimum atomic E-state index is -4.71. The lowest BCUT2D eigenvalue weighted by Crippen LogP contribution is -2.06. The third kappa shape index (κ3) is 1.83. The molecule has 1 heterocycles. The third-order valence-corrected chi connectivity index (χ3v) is 2.27. The number of nitrogens with one attached hydrogen (secondary N) is 1. The van der Waals surface area contributed by atoms with Gasteiger partial charge in [-0.25, -0.2) is 4.98 Å². The molecule has 2 rings (SSSR count). The van der Waals surface area contributed by atoms with Crippen molar-refractivity contribution < 1.29 is 22.8 Å². The number of non-ortho nitro benzene ring substituents is 1. The summed E-state index contributed by atoms with van der Waals surface area (Å²) in [4.78, 5) is 15.1. The number of nitro groups is 1. The molecule has 96 valence electrons. The van der Waals surface area contributed by atoms with Crippen LogP contribution in [0.3, 0.4) is 0 Å². The van der Waals surface area contributed by atoms with Crippen molar-refractivity contribution in [3.05, 3.63) is 28.1 Å². The number of alkyl halides is 3. The summed E-state index contributed by atoms with van der Waals surface area (Å²) in [5.74, 6) is -1.25. The number of fused-ring (bicyclic) bond motifs is 1. The van der Waals surface area contributed by atoms with E-state index in [0.717, 1.165) is 6.07 Å². The maximum atomic E-state index is 12.5. The molecule has 9 heteroatoms. The standard InChI is InChI=1S/C9H6F3N3O3/c1-18-5-3-2-4(15(16)17)6-7(5)14-8(13-6)9(10,11)12/h2-3H,1H3,(H,13,14). The first-order valence-electron chi connectivity index (χ1n) is 4.63. The molecule has 2 aromatic rings. The van der Waals surface area contributed by atoms with Gasteiger partial charge >= 0.3 is 6.18 Å². The number of hydrogen-bond donors (Lipinski definition) is 1. The molecule has 0 saturated heterocycles. The molecule has 0 bridgehead atoms. The van der Waals surface area contributed by atoms with E-state index in [-0.39, 0.29) is 16.8 Å². The van der Waals surface area contributed by atoms with Gasteiger partial charge < -0.3 is 9.72 Å². The van der Waals surface area contributed by atoms with E-state index >= 15 is 0 Å². The molecule has 1 aromatic carbocycles. The van der Waals surface area contributed by atoms with Crippen LogP contribution in [0.25, 0.3) is 11.0 Å². The summed E-state index contributed by atoms with van der Waals surface area (Å²) in [6, 6.07) is 2.25. The van der Waals surface area contributed by atoms with Crippen molar-refractivity contribution >= 4 is 16.7 Å². The average Bonchev–Trinajstić information content (AvgIpc) is 2.71. The van der Waals surface area contributed by atoms with Gasteiger partial charge in [0, 0.05) is 6.07 Å². The van der Waals surface area contributed by atoms with Crippen molar-refractivity contribution in [3.63, 3.8) is 0 Å². The maximum absolute atomic E-state index is 12.5. The molecule has 18 heavy (non-hydrogen) atoms. The van der Waals surface area contributed by atoms with Gasteiger partial charge in [0.05, 0.1) is 12.0 Å². The van der Waals surface area contributed by atoms with Gasteiger partial charge in [0.2, 0.25) is 5.82 Å². The Bertz CT molecular complexity index is 621. The number of aromatic amines is 1. The number of nitro benzene ring substituents is 1. The second-order valence-electron chi connectivity index (χ2n) is 3.35. The number of hydrogen-bond acceptors (Lipinski definition) is 4. The molecule has 0 unspecified atom stereocenters. The number of methoxy groups -OCH3 is 1. The normalized spacial score (nSPS) is 11.8. The third-order valence-electron chi connectivity index (χ3n) is 2.27. The molecule has 1 aromatic heterocycles. The highest BCUT2D eigenvalue weighted by molar-refractivity contribution is 5.89. The maximum Gasteiger partial charge on any atom is 0.449 e. The summed E-state index contributed by atoms with van der Waals surface area (Å²) < 4.78 is 42.3. The smallest absolute Gasteiger partial charge is 0.449 e.